The maximum absolute atomic E-state index is 12.3. The molecule has 0 atom stereocenters. The second-order valence-corrected chi connectivity index (χ2v) is 6.38. The summed E-state index contributed by atoms with van der Waals surface area (Å²) in [4.78, 5) is 5.78. The summed E-state index contributed by atoms with van der Waals surface area (Å²) in [6.45, 7) is 3.96. The molecule has 0 aromatic rings. The van der Waals surface area contributed by atoms with Crippen LogP contribution in [0.5, 0.6) is 0 Å². The largest absolute Gasteiger partial charge is 0.401 e. The fraction of sp³-hybridized carbons (Fsp3) is 0.938. The van der Waals surface area contributed by atoms with Crippen LogP contribution in [0.3, 0.4) is 0 Å². The summed E-state index contributed by atoms with van der Waals surface area (Å²) in [6, 6.07) is 0. The quantitative estimate of drug-likeness (QED) is 0.237. The van der Waals surface area contributed by atoms with Crippen molar-refractivity contribution in [2.24, 2.45) is 16.6 Å². The Labute approximate surface area is 160 Å². The number of aliphatic imine (C=N–C) groups is 1. The minimum absolute atomic E-state index is 0. The molecule has 0 saturated carbocycles. The molecule has 3 N–H and O–H groups in total. The van der Waals surface area contributed by atoms with Crippen molar-refractivity contribution < 1.29 is 13.2 Å². The summed E-state index contributed by atoms with van der Waals surface area (Å²) in [6.07, 6.45) is 3.19. The third-order valence-electron chi connectivity index (χ3n) is 4.26. The van der Waals surface area contributed by atoms with Gasteiger partial charge in [0.15, 0.2) is 5.96 Å². The van der Waals surface area contributed by atoms with E-state index >= 15 is 0 Å². The van der Waals surface area contributed by atoms with Crippen molar-refractivity contribution in [3.05, 3.63) is 0 Å². The average molecular weight is 464 g/mol. The molecular formula is C16H32F3IN4. The fourth-order valence-corrected chi connectivity index (χ4v) is 2.89. The van der Waals surface area contributed by atoms with Crippen LogP contribution in [0.15, 0.2) is 4.99 Å². The van der Waals surface area contributed by atoms with E-state index in [2.05, 4.69) is 17.2 Å². The van der Waals surface area contributed by atoms with Crippen molar-refractivity contribution in [3.8, 4) is 0 Å². The summed E-state index contributed by atoms with van der Waals surface area (Å²) in [5, 5.41) is 3.10. The SMILES string of the molecule is CCCCCCN=C(N)NCCC1CCN(CC(F)(F)F)CC1.I. The lowest BCUT2D eigenvalue weighted by Crippen LogP contribution is -2.41. The van der Waals surface area contributed by atoms with E-state index in [-0.39, 0.29) is 24.0 Å². The molecule has 0 aliphatic carbocycles. The average Bonchev–Trinajstić information content (AvgIpc) is 2.47. The Morgan fingerprint density at radius 2 is 1.88 bits per heavy atom. The number of unbranched alkanes of at least 4 members (excludes halogenated alkanes) is 3. The van der Waals surface area contributed by atoms with Gasteiger partial charge in [0.2, 0.25) is 0 Å². The lowest BCUT2D eigenvalue weighted by molar-refractivity contribution is -0.148. The van der Waals surface area contributed by atoms with E-state index in [9.17, 15) is 13.2 Å². The van der Waals surface area contributed by atoms with Gasteiger partial charge in [0.25, 0.3) is 0 Å². The minimum Gasteiger partial charge on any atom is -0.370 e. The van der Waals surface area contributed by atoms with Crippen LogP contribution in [0.2, 0.25) is 0 Å². The number of alkyl halides is 3. The molecule has 0 unspecified atom stereocenters. The van der Waals surface area contributed by atoms with Crippen LogP contribution in [-0.2, 0) is 0 Å². The number of hydrogen-bond donors (Lipinski definition) is 2. The van der Waals surface area contributed by atoms with Crippen molar-refractivity contribution >= 4 is 29.9 Å². The molecule has 8 heteroatoms. The Bertz CT molecular complexity index is 343. The highest BCUT2D eigenvalue weighted by Gasteiger charge is 2.32. The van der Waals surface area contributed by atoms with Gasteiger partial charge >= 0.3 is 6.18 Å². The second-order valence-electron chi connectivity index (χ2n) is 6.38. The summed E-state index contributed by atoms with van der Waals surface area (Å²) >= 11 is 0. The van der Waals surface area contributed by atoms with Gasteiger partial charge in [-0.3, -0.25) is 9.89 Å². The molecule has 1 heterocycles. The topological polar surface area (TPSA) is 53.6 Å². The van der Waals surface area contributed by atoms with Gasteiger partial charge in [-0.25, -0.2) is 0 Å². The van der Waals surface area contributed by atoms with E-state index in [0.29, 0.717) is 25.0 Å². The van der Waals surface area contributed by atoms with Crippen LogP contribution in [0, 0.1) is 5.92 Å². The number of guanidine groups is 1. The first-order valence-electron chi connectivity index (χ1n) is 8.73. The van der Waals surface area contributed by atoms with E-state index in [1.807, 2.05) is 0 Å². The first kappa shape index (κ1) is 23.8. The second kappa shape index (κ2) is 13.0. The van der Waals surface area contributed by atoms with E-state index in [0.717, 1.165) is 38.8 Å². The van der Waals surface area contributed by atoms with Gasteiger partial charge in [0, 0.05) is 13.1 Å². The number of hydrogen-bond acceptors (Lipinski definition) is 2. The highest BCUT2D eigenvalue weighted by Crippen LogP contribution is 2.23. The Kier molecular flexibility index (Phi) is 12.9. The molecule has 1 saturated heterocycles. The van der Waals surface area contributed by atoms with Crippen LogP contribution < -0.4 is 11.1 Å². The molecule has 0 aromatic carbocycles. The molecule has 0 radical (unpaired) electrons. The van der Waals surface area contributed by atoms with Gasteiger partial charge in [-0.05, 0) is 44.7 Å². The van der Waals surface area contributed by atoms with Crippen molar-refractivity contribution in [2.45, 2.75) is 58.0 Å². The van der Waals surface area contributed by atoms with Crippen LogP contribution in [0.25, 0.3) is 0 Å². The van der Waals surface area contributed by atoms with Crippen molar-refractivity contribution in [3.63, 3.8) is 0 Å². The third kappa shape index (κ3) is 12.2. The molecule has 0 aromatic heterocycles. The highest BCUT2D eigenvalue weighted by molar-refractivity contribution is 14.0. The molecule has 24 heavy (non-hydrogen) atoms. The molecule has 0 amide bonds. The Morgan fingerprint density at radius 3 is 2.46 bits per heavy atom. The fourth-order valence-electron chi connectivity index (χ4n) is 2.89. The van der Waals surface area contributed by atoms with E-state index in [1.165, 1.54) is 24.2 Å². The van der Waals surface area contributed by atoms with Crippen LogP contribution in [-0.4, -0.2) is 49.8 Å². The number of nitrogens with one attached hydrogen (secondary N) is 1. The van der Waals surface area contributed by atoms with Gasteiger partial charge in [-0.15, -0.1) is 24.0 Å². The predicted octanol–water partition coefficient (Wildman–Crippen LogP) is 3.75. The zero-order valence-corrected chi connectivity index (χ0v) is 16.9. The summed E-state index contributed by atoms with van der Waals surface area (Å²) < 4.78 is 37.0. The van der Waals surface area contributed by atoms with Crippen molar-refractivity contribution in [1.82, 2.24) is 10.2 Å². The highest BCUT2D eigenvalue weighted by atomic mass is 127. The maximum Gasteiger partial charge on any atom is 0.401 e. The van der Waals surface area contributed by atoms with Gasteiger partial charge < -0.3 is 11.1 Å². The maximum atomic E-state index is 12.3. The normalized spacial score (nSPS) is 17.6. The third-order valence-corrected chi connectivity index (χ3v) is 4.26. The van der Waals surface area contributed by atoms with Gasteiger partial charge in [0.05, 0.1) is 6.54 Å². The number of nitrogens with two attached hydrogens (primary N) is 1. The minimum atomic E-state index is -4.09. The standard InChI is InChI=1S/C16H31F3N4.HI/c1-2-3-4-5-9-21-15(20)22-10-6-14-7-11-23(12-8-14)13-16(17,18)19;/h14H,2-13H2,1H3,(H3,20,21,22);1H. The van der Waals surface area contributed by atoms with Gasteiger partial charge in [-0.1, -0.05) is 26.2 Å². The monoisotopic (exact) mass is 464 g/mol. The van der Waals surface area contributed by atoms with Crippen molar-refractivity contribution in [1.29, 1.82) is 0 Å². The van der Waals surface area contributed by atoms with Gasteiger partial charge in [0.1, 0.15) is 0 Å². The number of nitrogens with zero attached hydrogens (tertiary/aromatic N) is 2. The molecule has 1 aliphatic heterocycles. The van der Waals surface area contributed by atoms with E-state index < -0.39 is 12.7 Å². The molecule has 0 spiro atoms. The zero-order valence-electron chi connectivity index (χ0n) is 14.6. The number of piperidine rings is 1. The Morgan fingerprint density at radius 1 is 1.21 bits per heavy atom. The van der Waals surface area contributed by atoms with Gasteiger partial charge in [-0.2, -0.15) is 13.2 Å². The number of likely N-dealkylation sites (tertiary alicyclic amines) is 1. The predicted molar refractivity (Wildman–Crippen MR) is 104 cm³/mol. The van der Waals surface area contributed by atoms with Crippen LogP contribution >= 0.6 is 24.0 Å². The zero-order chi connectivity index (χ0) is 17.1. The molecule has 1 rings (SSSR count). The molecule has 144 valence electrons. The summed E-state index contributed by atoms with van der Waals surface area (Å²) in [5.41, 5.74) is 5.80. The first-order valence-corrected chi connectivity index (χ1v) is 8.73. The summed E-state index contributed by atoms with van der Waals surface area (Å²) in [5.74, 6) is 0.959. The molecule has 1 fully saturated rings. The van der Waals surface area contributed by atoms with E-state index in [1.54, 1.807) is 0 Å². The number of rotatable bonds is 9. The molecule has 0 bridgehead atoms. The lowest BCUT2D eigenvalue weighted by Gasteiger charge is -2.32. The van der Waals surface area contributed by atoms with Crippen LogP contribution in [0.1, 0.15) is 51.9 Å². The van der Waals surface area contributed by atoms with Crippen LogP contribution in [0.4, 0.5) is 13.2 Å². The first-order chi connectivity index (χ1) is 10.9. The Balaban J connectivity index is 0.00000529. The number of halogens is 4. The van der Waals surface area contributed by atoms with Crippen molar-refractivity contribution in [2.75, 3.05) is 32.7 Å². The smallest absolute Gasteiger partial charge is 0.370 e. The molecule has 1 aliphatic rings. The molecular weight excluding hydrogens is 432 g/mol. The Hall–Kier alpha value is -0.250. The summed E-state index contributed by atoms with van der Waals surface area (Å²) in [7, 11) is 0. The molecule has 4 nitrogen and oxygen atoms in total. The lowest BCUT2D eigenvalue weighted by atomic mass is 9.93. The van der Waals surface area contributed by atoms with E-state index in [4.69, 9.17) is 5.73 Å².